The summed E-state index contributed by atoms with van der Waals surface area (Å²) < 4.78 is 3.84. The van der Waals surface area contributed by atoms with Gasteiger partial charge in [-0.25, -0.2) is 9.78 Å². The van der Waals surface area contributed by atoms with Gasteiger partial charge in [0.05, 0.1) is 17.8 Å². The highest BCUT2D eigenvalue weighted by Crippen LogP contribution is 2.13. The number of rotatable bonds is 3. The molecule has 3 heterocycles. The Kier molecular flexibility index (Phi) is 2.59. The number of nitrogens with zero attached hydrogens (tertiary/aromatic N) is 3. The number of imidazole rings is 1. The van der Waals surface area contributed by atoms with E-state index in [1.54, 1.807) is 19.2 Å². The molecule has 0 spiro atoms. The van der Waals surface area contributed by atoms with Crippen molar-refractivity contribution < 1.29 is 9.90 Å². The van der Waals surface area contributed by atoms with Crippen molar-refractivity contribution in [2.45, 2.75) is 13.5 Å². The zero-order chi connectivity index (χ0) is 13.4. The average molecular weight is 255 g/mol. The van der Waals surface area contributed by atoms with Crippen LogP contribution in [0.5, 0.6) is 0 Å². The van der Waals surface area contributed by atoms with Gasteiger partial charge in [0.2, 0.25) is 0 Å². The molecule has 19 heavy (non-hydrogen) atoms. The van der Waals surface area contributed by atoms with Crippen molar-refractivity contribution in [3.05, 3.63) is 59.8 Å². The first-order valence-corrected chi connectivity index (χ1v) is 5.97. The highest BCUT2D eigenvalue weighted by atomic mass is 16.4. The number of carboxylic acid groups (broad SMARTS) is 1. The number of fused-ring (bicyclic) bond motifs is 1. The van der Waals surface area contributed by atoms with Crippen LogP contribution in [0.3, 0.4) is 0 Å². The molecule has 0 aliphatic carbocycles. The Morgan fingerprint density at radius 3 is 2.84 bits per heavy atom. The van der Waals surface area contributed by atoms with Gasteiger partial charge >= 0.3 is 5.97 Å². The van der Waals surface area contributed by atoms with E-state index in [1.165, 1.54) is 0 Å². The largest absolute Gasteiger partial charge is 0.478 e. The molecule has 0 aliphatic heterocycles. The fraction of sp³-hybridized carbons (Fsp3) is 0.143. The zero-order valence-electron chi connectivity index (χ0n) is 10.4. The lowest BCUT2D eigenvalue weighted by molar-refractivity contribution is 0.0696. The minimum atomic E-state index is -0.897. The lowest BCUT2D eigenvalue weighted by Gasteiger charge is -2.03. The average Bonchev–Trinajstić information content (AvgIpc) is 2.94. The lowest BCUT2D eigenvalue weighted by atomic mass is 10.2. The standard InChI is InChI=1S/C14H13N3O2/c1-10-12(14(18)19)5-7-16(10)8-11-9-17-6-3-2-4-13(17)15-11/h2-7,9H,8H2,1H3,(H,18,19). The van der Waals surface area contributed by atoms with Crippen molar-refractivity contribution >= 4 is 11.6 Å². The topological polar surface area (TPSA) is 59.5 Å². The number of hydrogen-bond acceptors (Lipinski definition) is 2. The van der Waals surface area contributed by atoms with Gasteiger partial charge in [-0.3, -0.25) is 0 Å². The number of carbonyl (C=O) groups is 1. The normalized spacial score (nSPS) is 11.0. The maximum absolute atomic E-state index is 11.0. The SMILES string of the molecule is Cc1c(C(=O)O)ccn1Cc1cn2ccccc2n1. The number of hydrogen-bond donors (Lipinski definition) is 1. The molecule has 5 nitrogen and oxygen atoms in total. The molecule has 0 radical (unpaired) electrons. The summed E-state index contributed by atoms with van der Waals surface area (Å²) in [4.78, 5) is 15.5. The first-order valence-electron chi connectivity index (χ1n) is 5.97. The van der Waals surface area contributed by atoms with Crippen LogP contribution in [0.2, 0.25) is 0 Å². The molecule has 0 atom stereocenters. The third kappa shape index (κ3) is 1.99. The van der Waals surface area contributed by atoms with E-state index >= 15 is 0 Å². The molecule has 5 heteroatoms. The van der Waals surface area contributed by atoms with Gasteiger partial charge in [0.25, 0.3) is 0 Å². The Morgan fingerprint density at radius 2 is 2.16 bits per heavy atom. The van der Waals surface area contributed by atoms with Gasteiger partial charge in [-0.05, 0) is 25.1 Å². The van der Waals surface area contributed by atoms with Gasteiger partial charge in [0.15, 0.2) is 0 Å². The number of aromatic carboxylic acids is 1. The maximum atomic E-state index is 11.0. The summed E-state index contributed by atoms with van der Waals surface area (Å²) in [5.74, 6) is -0.897. The van der Waals surface area contributed by atoms with Crippen LogP contribution in [-0.2, 0) is 6.54 Å². The quantitative estimate of drug-likeness (QED) is 0.780. The summed E-state index contributed by atoms with van der Waals surface area (Å²) in [5.41, 5.74) is 2.87. The van der Waals surface area contributed by atoms with Crippen molar-refractivity contribution in [2.24, 2.45) is 0 Å². The van der Waals surface area contributed by atoms with E-state index in [0.29, 0.717) is 12.1 Å². The van der Waals surface area contributed by atoms with Crippen molar-refractivity contribution in [3.8, 4) is 0 Å². The first-order chi connectivity index (χ1) is 9.15. The van der Waals surface area contributed by atoms with Crippen LogP contribution < -0.4 is 0 Å². The summed E-state index contributed by atoms with van der Waals surface area (Å²) in [5, 5.41) is 9.03. The third-order valence-corrected chi connectivity index (χ3v) is 3.22. The molecular formula is C14H13N3O2. The summed E-state index contributed by atoms with van der Waals surface area (Å²) in [6.45, 7) is 2.38. The van der Waals surface area contributed by atoms with E-state index in [-0.39, 0.29) is 0 Å². The van der Waals surface area contributed by atoms with Crippen LogP contribution in [0, 0.1) is 6.92 Å². The molecular weight excluding hydrogens is 242 g/mol. The predicted octanol–water partition coefficient (Wildman–Crippen LogP) is 2.19. The molecule has 0 amide bonds. The fourth-order valence-electron chi connectivity index (χ4n) is 2.19. The minimum Gasteiger partial charge on any atom is -0.478 e. The van der Waals surface area contributed by atoms with Gasteiger partial charge in [-0.1, -0.05) is 6.07 Å². The Bertz CT molecular complexity index is 722. The molecule has 3 aromatic heterocycles. The summed E-state index contributed by atoms with van der Waals surface area (Å²) in [7, 11) is 0. The second kappa shape index (κ2) is 4.28. The molecule has 0 bridgehead atoms. The minimum absolute atomic E-state index is 0.337. The second-order valence-corrected chi connectivity index (χ2v) is 4.45. The van der Waals surface area contributed by atoms with Crippen molar-refractivity contribution in [1.82, 2.24) is 14.0 Å². The van der Waals surface area contributed by atoms with Crippen LogP contribution in [0.15, 0.2) is 42.9 Å². The molecule has 0 unspecified atom stereocenters. The number of carboxylic acids is 1. The maximum Gasteiger partial charge on any atom is 0.337 e. The van der Waals surface area contributed by atoms with E-state index in [0.717, 1.165) is 17.0 Å². The van der Waals surface area contributed by atoms with Gasteiger partial charge < -0.3 is 14.1 Å². The van der Waals surface area contributed by atoms with Gasteiger partial charge in [0, 0.05) is 24.3 Å². The van der Waals surface area contributed by atoms with Gasteiger partial charge in [0.1, 0.15) is 5.65 Å². The molecule has 0 aliphatic rings. The van der Waals surface area contributed by atoms with Gasteiger partial charge in [-0.15, -0.1) is 0 Å². The lowest BCUT2D eigenvalue weighted by Crippen LogP contribution is -2.04. The number of aromatic nitrogens is 3. The molecule has 1 N–H and O–H groups in total. The Morgan fingerprint density at radius 1 is 1.32 bits per heavy atom. The van der Waals surface area contributed by atoms with E-state index in [1.807, 2.05) is 39.6 Å². The fourth-order valence-corrected chi connectivity index (χ4v) is 2.19. The van der Waals surface area contributed by atoms with Crippen LogP contribution >= 0.6 is 0 Å². The molecule has 3 rings (SSSR count). The Labute approximate surface area is 109 Å². The summed E-state index contributed by atoms with van der Waals surface area (Å²) in [6, 6.07) is 7.44. The van der Waals surface area contributed by atoms with Gasteiger partial charge in [-0.2, -0.15) is 0 Å². The van der Waals surface area contributed by atoms with E-state index in [2.05, 4.69) is 4.98 Å². The van der Waals surface area contributed by atoms with Crippen LogP contribution in [-0.4, -0.2) is 25.0 Å². The van der Waals surface area contributed by atoms with Crippen molar-refractivity contribution in [3.63, 3.8) is 0 Å². The van der Waals surface area contributed by atoms with Crippen molar-refractivity contribution in [1.29, 1.82) is 0 Å². The predicted molar refractivity (Wildman–Crippen MR) is 70.4 cm³/mol. The third-order valence-electron chi connectivity index (χ3n) is 3.22. The van der Waals surface area contributed by atoms with Crippen LogP contribution in [0.4, 0.5) is 0 Å². The molecule has 96 valence electrons. The first kappa shape index (κ1) is 11.5. The van der Waals surface area contributed by atoms with Crippen LogP contribution in [0.25, 0.3) is 5.65 Å². The smallest absolute Gasteiger partial charge is 0.337 e. The highest BCUT2D eigenvalue weighted by molar-refractivity contribution is 5.88. The number of pyridine rings is 1. The highest BCUT2D eigenvalue weighted by Gasteiger charge is 2.12. The molecule has 0 saturated heterocycles. The van der Waals surface area contributed by atoms with E-state index < -0.39 is 5.97 Å². The summed E-state index contributed by atoms with van der Waals surface area (Å²) in [6.07, 6.45) is 5.68. The van der Waals surface area contributed by atoms with Crippen LogP contribution in [0.1, 0.15) is 21.7 Å². The molecule has 0 saturated carbocycles. The zero-order valence-corrected chi connectivity index (χ0v) is 10.4. The second-order valence-electron chi connectivity index (χ2n) is 4.45. The van der Waals surface area contributed by atoms with Crippen molar-refractivity contribution in [2.75, 3.05) is 0 Å². The Balaban J connectivity index is 1.94. The molecule has 0 aromatic carbocycles. The molecule has 3 aromatic rings. The molecule has 0 fully saturated rings. The summed E-state index contributed by atoms with van der Waals surface area (Å²) >= 11 is 0. The monoisotopic (exact) mass is 255 g/mol. The van der Waals surface area contributed by atoms with E-state index in [4.69, 9.17) is 5.11 Å². The van der Waals surface area contributed by atoms with E-state index in [9.17, 15) is 4.79 Å². The Hall–Kier alpha value is -2.56.